The van der Waals surface area contributed by atoms with Crippen LogP contribution in [0.2, 0.25) is 0 Å². The van der Waals surface area contributed by atoms with Crippen LogP contribution in [0.1, 0.15) is 31.5 Å². The molecule has 12 heteroatoms. The quantitative estimate of drug-likeness (QED) is 0.307. The lowest BCUT2D eigenvalue weighted by Crippen LogP contribution is -2.43. The summed E-state index contributed by atoms with van der Waals surface area (Å²) >= 11 is 1.37. The third kappa shape index (κ3) is 5.27. The molecule has 0 bridgehead atoms. The first kappa shape index (κ1) is 25.9. The van der Waals surface area contributed by atoms with Crippen molar-refractivity contribution >= 4 is 39.3 Å². The van der Waals surface area contributed by atoms with Crippen molar-refractivity contribution in [3.05, 3.63) is 72.2 Å². The summed E-state index contributed by atoms with van der Waals surface area (Å²) in [5, 5.41) is 4.12. The monoisotopic (exact) mass is 540 g/mol. The normalized spacial score (nSPS) is 21.3. The van der Waals surface area contributed by atoms with E-state index in [0.717, 1.165) is 11.5 Å². The van der Waals surface area contributed by atoms with Gasteiger partial charge in [-0.3, -0.25) is 4.99 Å². The number of ether oxygens (including phenoxy) is 2. The van der Waals surface area contributed by atoms with E-state index in [1.54, 1.807) is 38.6 Å². The molecule has 2 atom stereocenters. The number of nitrogens with zero attached hydrogens (tertiary/aromatic N) is 4. The van der Waals surface area contributed by atoms with Crippen molar-refractivity contribution in [1.82, 2.24) is 15.0 Å². The highest BCUT2D eigenvalue weighted by Crippen LogP contribution is 2.46. The van der Waals surface area contributed by atoms with E-state index in [0.29, 0.717) is 41.5 Å². The van der Waals surface area contributed by atoms with Crippen LogP contribution in [-0.2, 0) is 16.9 Å². The van der Waals surface area contributed by atoms with Gasteiger partial charge >= 0.3 is 0 Å². The summed E-state index contributed by atoms with van der Waals surface area (Å²) in [6.07, 6.45) is 6.37. The average molecular weight is 541 g/mol. The predicted octanol–water partition coefficient (Wildman–Crippen LogP) is 5.29. The van der Waals surface area contributed by atoms with E-state index in [-0.39, 0.29) is 17.3 Å². The van der Waals surface area contributed by atoms with Crippen LogP contribution in [0, 0.1) is 11.6 Å². The SMILES string of the molecule is COC[C@@]1(C)C[C@@](C)(c2cc(Nc3nccc4cc(OCc5cocn5)cnc34)cc(F)c2F)N=C(N)S1. The lowest BCUT2D eigenvalue weighted by atomic mass is 9.83. The van der Waals surface area contributed by atoms with Gasteiger partial charge in [-0.15, -0.1) is 0 Å². The van der Waals surface area contributed by atoms with Gasteiger partial charge in [0.2, 0.25) is 0 Å². The Morgan fingerprint density at radius 3 is 2.79 bits per heavy atom. The zero-order valence-electron chi connectivity index (χ0n) is 21.0. The van der Waals surface area contributed by atoms with Crippen molar-refractivity contribution in [3.63, 3.8) is 0 Å². The van der Waals surface area contributed by atoms with E-state index in [1.807, 2.05) is 6.92 Å². The van der Waals surface area contributed by atoms with Gasteiger partial charge in [0.1, 0.15) is 29.8 Å². The van der Waals surface area contributed by atoms with Gasteiger partial charge in [-0.1, -0.05) is 11.8 Å². The van der Waals surface area contributed by atoms with Crippen molar-refractivity contribution in [3.8, 4) is 5.75 Å². The van der Waals surface area contributed by atoms with E-state index in [9.17, 15) is 4.39 Å². The second-order valence-corrected chi connectivity index (χ2v) is 11.1. The Bertz CT molecular complexity index is 1500. The largest absolute Gasteiger partial charge is 0.486 e. The summed E-state index contributed by atoms with van der Waals surface area (Å²) < 4.78 is 45.6. The molecule has 9 nitrogen and oxygen atoms in total. The molecule has 4 aromatic rings. The fourth-order valence-electron chi connectivity index (χ4n) is 4.73. The van der Waals surface area contributed by atoms with Gasteiger partial charge in [-0.2, -0.15) is 0 Å². The van der Waals surface area contributed by atoms with Crippen LogP contribution in [0.5, 0.6) is 5.75 Å². The molecule has 1 aromatic carbocycles. The molecule has 0 spiro atoms. The molecule has 4 heterocycles. The molecule has 1 aliphatic rings. The molecular weight excluding hydrogens is 514 g/mol. The van der Waals surface area contributed by atoms with Crippen molar-refractivity contribution < 1.29 is 22.7 Å². The number of hydrogen-bond donors (Lipinski definition) is 2. The van der Waals surface area contributed by atoms with Gasteiger partial charge in [0, 0.05) is 40.8 Å². The molecule has 38 heavy (non-hydrogen) atoms. The number of aliphatic imine (C=N–C) groups is 1. The van der Waals surface area contributed by atoms with Crippen molar-refractivity contribution in [2.45, 2.75) is 37.2 Å². The number of nitrogens with one attached hydrogen (secondary N) is 1. The molecule has 3 aromatic heterocycles. The highest BCUT2D eigenvalue weighted by molar-refractivity contribution is 8.15. The van der Waals surface area contributed by atoms with Gasteiger partial charge in [-0.05, 0) is 38.5 Å². The van der Waals surface area contributed by atoms with Crippen LogP contribution < -0.4 is 15.8 Å². The number of methoxy groups -OCH3 is 1. The number of pyridine rings is 2. The molecule has 0 amide bonds. The second-order valence-electron chi connectivity index (χ2n) is 9.50. The number of hydrogen-bond acceptors (Lipinski definition) is 10. The van der Waals surface area contributed by atoms with E-state index in [2.05, 4.69) is 25.3 Å². The minimum absolute atomic E-state index is 0.0855. The van der Waals surface area contributed by atoms with Gasteiger partial charge in [-0.25, -0.2) is 23.7 Å². The summed E-state index contributed by atoms with van der Waals surface area (Å²) in [4.78, 5) is 17.4. The molecule has 0 unspecified atom stereocenters. The van der Waals surface area contributed by atoms with Crippen LogP contribution in [0.15, 0.2) is 58.7 Å². The molecule has 3 N–H and O–H groups in total. The number of benzene rings is 1. The Morgan fingerprint density at radius 2 is 2.03 bits per heavy atom. The van der Waals surface area contributed by atoms with E-state index in [4.69, 9.17) is 19.6 Å². The summed E-state index contributed by atoms with van der Waals surface area (Å²) in [6.45, 7) is 4.31. The number of halogens is 2. The highest BCUT2D eigenvalue weighted by Gasteiger charge is 2.44. The number of nitrogens with two attached hydrogens (primary N) is 1. The number of rotatable bonds is 8. The van der Waals surface area contributed by atoms with Gasteiger partial charge < -0.3 is 24.9 Å². The third-order valence-corrected chi connectivity index (χ3v) is 7.25. The zero-order chi connectivity index (χ0) is 26.9. The molecule has 0 aliphatic carbocycles. The first-order valence-corrected chi connectivity index (χ1v) is 12.5. The van der Waals surface area contributed by atoms with Crippen LogP contribution in [0.4, 0.5) is 20.3 Å². The van der Waals surface area contributed by atoms with Gasteiger partial charge in [0.05, 0.1) is 18.3 Å². The van der Waals surface area contributed by atoms with Crippen LogP contribution in [0.25, 0.3) is 10.9 Å². The third-order valence-electron chi connectivity index (χ3n) is 6.19. The molecule has 1 aliphatic heterocycles. The van der Waals surface area contributed by atoms with Crippen molar-refractivity contribution in [2.24, 2.45) is 10.7 Å². The van der Waals surface area contributed by atoms with Crippen molar-refractivity contribution in [1.29, 1.82) is 0 Å². The Hall–Kier alpha value is -3.77. The maximum absolute atomic E-state index is 15.2. The average Bonchev–Trinajstić information content (AvgIpc) is 3.38. The molecule has 5 rings (SSSR count). The van der Waals surface area contributed by atoms with E-state index in [1.165, 1.54) is 30.5 Å². The number of fused-ring (bicyclic) bond motifs is 1. The van der Waals surface area contributed by atoms with Crippen LogP contribution >= 0.6 is 11.8 Å². The molecule has 0 fully saturated rings. The number of thioether (sulfide) groups is 1. The first-order chi connectivity index (χ1) is 18.2. The Morgan fingerprint density at radius 1 is 1.18 bits per heavy atom. The summed E-state index contributed by atoms with van der Waals surface area (Å²) in [7, 11) is 1.59. The topological polar surface area (TPSA) is 121 Å². The lowest BCUT2D eigenvalue weighted by Gasteiger charge is -2.41. The van der Waals surface area contributed by atoms with Crippen LogP contribution in [0.3, 0.4) is 0 Å². The standard InChI is InChI=1S/C26H26F2N6O3S/c1-25(13-35-3)12-26(2,34-24(29)38-25)19-7-16(8-20(27)21(19)28)33-23-22-15(4-5-30-23)6-18(9-31-22)37-11-17-10-36-14-32-17/h4-10,14H,11-13H2,1-3H3,(H2,29,34)(H,30,33)/t25-,26+/m1/s1. The predicted molar refractivity (Wildman–Crippen MR) is 141 cm³/mol. The van der Waals surface area contributed by atoms with E-state index < -0.39 is 21.9 Å². The van der Waals surface area contributed by atoms with Gasteiger partial charge in [0.15, 0.2) is 29.0 Å². The Balaban J connectivity index is 1.45. The number of aromatic nitrogens is 3. The number of amidine groups is 1. The molecule has 0 saturated carbocycles. The maximum Gasteiger partial charge on any atom is 0.180 e. The highest BCUT2D eigenvalue weighted by atomic mass is 32.2. The molecule has 0 radical (unpaired) electrons. The number of oxazole rings is 1. The Labute approximate surface area is 221 Å². The second kappa shape index (κ2) is 10.2. The fraction of sp³-hybridized carbons (Fsp3) is 0.308. The summed E-state index contributed by atoms with van der Waals surface area (Å²) in [5.41, 5.74) is 6.57. The smallest absolute Gasteiger partial charge is 0.180 e. The minimum atomic E-state index is -1.11. The molecular formula is C26H26F2N6O3S. The fourth-order valence-corrected chi connectivity index (χ4v) is 6.01. The Kier molecular flexibility index (Phi) is 6.93. The van der Waals surface area contributed by atoms with E-state index >= 15 is 4.39 Å². The maximum atomic E-state index is 15.2. The first-order valence-electron chi connectivity index (χ1n) is 11.7. The van der Waals surface area contributed by atoms with Crippen LogP contribution in [-0.4, -0.2) is 38.6 Å². The summed E-state index contributed by atoms with van der Waals surface area (Å²) in [5.74, 6) is -1.08. The minimum Gasteiger partial charge on any atom is -0.486 e. The molecule has 0 saturated heterocycles. The lowest BCUT2D eigenvalue weighted by molar-refractivity contribution is 0.157. The zero-order valence-corrected chi connectivity index (χ0v) is 21.8. The number of anilines is 2. The molecule has 198 valence electrons. The van der Waals surface area contributed by atoms with Crippen molar-refractivity contribution in [2.75, 3.05) is 19.0 Å². The van der Waals surface area contributed by atoms with Gasteiger partial charge in [0.25, 0.3) is 0 Å². The summed E-state index contributed by atoms with van der Waals surface area (Å²) in [6, 6.07) is 6.20.